The Hall–Kier alpha value is -1.51. The fourth-order valence-electron chi connectivity index (χ4n) is 11.3. The predicted octanol–water partition coefficient (Wildman–Crippen LogP) is 24.1. The van der Waals surface area contributed by atoms with Crippen molar-refractivity contribution in [2.24, 2.45) is 0 Å². The van der Waals surface area contributed by atoms with Crippen molar-refractivity contribution >= 4 is 19.8 Å². The molecular weight excluding hydrogens is 1060 g/mol. The Labute approximate surface area is 523 Å². The third kappa shape index (κ3) is 69.6. The van der Waals surface area contributed by atoms with Crippen molar-refractivity contribution < 1.29 is 42.1 Å². The summed E-state index contributed by atoms with van der Waals surface area (Å²) in [6.07, 6.45) is 83.2. The third-order valence-corrected chi connectivity index (χ3v) is 18.0. The normalized spacial score (nSPS) is 13.2. The molecule has 0 saturated heterocycles. The van der Waals surface area contributed by atoms with E-state index in [0.29, 0.717) is 17.4 Å². The van der Waals surface area contributed by atoms with Gasteiger partial charge in [-0.1, -0.05) is 353 Å². The van der Waals surface area contributed by atoms with Crippen LogP contribution in [0.2, 0.25) is 0 Å². The van der Waals surface area contributed by atoms with Crippen molar-refractivity contribution in [2.45, 2.75) is 392 Å². The van der Waals surface area contributed by atoms with Crippen molar-refractivity contribution in [3.8, 4) is 0 Å². The molecule has 0 amide bonds. The second-order valence-corrected chi connectivity index (χ2v) is 28.1. The number of quaternary nitrogens is 1. The van der Waals surface area contributed by atoms with Crippen LogP contribution in [0.3, 0.4) is 0 Å². The van der Waals surface area contributed by atoms with Gasteiger partial charge in [0, 0.05) is 12.8 Å². The summed E-state index contributed by atoms with van der Waals surface area (Å²) in [7, 11) is 1.50. The van der Waals surface area contributed by atoms with Crippen LogP contribution in [-0.4, -0.2) is 74.9 Å². The highest BCUT2D eigenvalue weighted by Crippen LogP contribution is 2.43. The van der Waals surface area contributed by atoms with Crippen LogP contribution in [0.4, 0.5) is 0 Å². The molecule has 2 atom stereocenters. The zero-order chi connectivity index (χ0) is 61.2. The van der Waals surface area contributed by atoms with Crippen molar-refractivity contribution in [2.75, 3.05) is 47.5 Å². The summed E-state index contributed by atoms with van der Waals surface area (Å²) in [5.74, 6) is -0.771. The molecule has 0 rings (SSSR count). The number of ether oxygens (including phenoxy) is 2. The molecule has 0 aromatic rings. The first-order valence-electron chi connectivity index (χ1n) is 37.1. The number of phosphoric acid groups is 1. The third-order valence-electron chi connectivity index (χ3n) is 17.0. The Kier molecular flexibility index (Phi) is 64.7. The number of carbonyl (C=O) groups excluding carboxylic acids is 2. The molecule has 1 N–H and O–H groups in total. The maximum Gasteiger partial charge on any atom is 0.472 e. The first kappa shape index (κ1) is 82.5. The van der Waals surface area contributed by atoms with Crippen molar-refractivity contribution in [1.29, 1.82) is 0 Å². The van der Waals surface area contributed by atoms with Crippen molar-refractivity contribution in [3.05, 3.63) is 24.3 Å². The molecule has 0 heterocycles. The summed E-state index contributed by atoms with van der Waals surface area (Å²) >= 11 is 0. The number of unbranched alkanes of at least 4 members (excludes halogenated alkanes) is 52. The Morgan fingerprint density at radius 2 is 0.643 bits per heavy atom. The average Bonchev–Trinajstić information content (AvgIpc) is 3.61. The van der Waals surface area contributed by atoms with E-state index in [9.17, 15) is 19.0 Å². The quantitative estimate of drug-likeness (QED) is 0.0211. The zero-order valence-corrected chi connectivity index (χ0v) is 57.8. The number of rotatable bonds is 70. The van der Waals surface area contributed by atoms with Gasteiger partial charge in [-0.3, -0.25) is 18.6 Å². The second kappa shape index (κ2) is 65.9. The number of phosphoric ester groups is 1. The standard InChI is InChI=1S/C74H144NO8P/c1-6-8-10-12-14-16-18-20-22-24-26-27-28-29-30-31-32-33-34-35-36-37-38-39-40-41-42-43-44-45-46-47-49-51-53-55-57-59-61-63-65-67-74(77)83-72(71-82-84(78,79)81-69-68-75(3,4)5)70-80-73(76)66-64-62-60-58-56-54-52-50-48-25-23-21-19-17-15-13-11-9-7-2/h18,20,24,26,72H,6-17,19,21-23,25,27-71H2,1-5H3/p+1/b20-18-,26-24-. The number of allylic oxidation sites excluding steroid dienone is 4. The molecule has 0 aliphatic carbocycles. The first-order valence-corrected chi connectivity index (χ1v) is 38.6. The van der Waals surface area contributed by atoms with E-state index in [0.717, 1.165) is 44.9 Å². The van der Waals surface area contributed by atoms with E-state index in [-0.39, 0.29) is 25.6 Å². The molecule has 0 radical (unpaired) electrons. The van der Waals surface area contributed by atoms with E-state index in [1.807, 2.05) is 21.1 Å². The van der Waals surface area contributed by atoms with E-state index in [1.165, 1.54) is 315 Å². The van der Waals surface area contributed by atoms with Crippen LogP contribution in [0.1, 0.15) is 386 Å². The van der Waals surface area contributed by atoms with Crippen LogP contribution >= 0.6 is 7.82 Å². The lowest BCUT2D eigenvalue weighted by molar-refractivity contribution is -0.870. The van der Waals surface area contributed by atoms with E-state index < -0.39 is 26.5 Å². The highest BCUT2D eigenvalue weighted by molar-refractivity contribution is 7.47. The molecule has 0 aliphatic rings. The molecule has 498 valence electrons. The highest BCUT2D eigenvalue weighted by atomic mass is 31.2. The molecule has 84 heavy (non-hydrogen) atoms. The van der Waals surface area contributed by atoms with Crippen LogP contribution < -0.4 is 0 Å². The van der Waals surface area contributed by atoms with Crippen LogP contribution in [0.15, 0.2) is 24.3 Å². The highest BCUT2D eigenvalue weighted by Gasteiger charge is 2.27. The van der Waals surface area contributed by atoms with Crippen LogP contribution in [-0.2, 0) is 32.7 Å². The predicted molar refractivity (Wildman–Crippen MR) is 363 cm³/mol. The fraction of sp³-hybridized carbons (Fsp3) is 0.919. The number of esters is 2. The van der Waals surface area contributed by atoms with E-state index >= 15 is 0 Å². The lowest BCUT2D eigenvalue weighted by atomic mass is 10.0. The van der Waals surface area contributed by atoms with E-state index in [1.54, 1.807) is 0 Å². The summed E-state index contributed by atoms with van der Waals surface area (Å²) in [5.41, 5.74) is 0. The van der Waals surface area contributed by atoms with Gasteiger partial charge in [0.2, 0.25) is 0 Å². The minimum atomic E-state index is -4.38. The smallest absolute Gasteiger partial charge is 0.462 e. The second-order valence-electron chi connectivity index (χ2n) is 26.7. The van der Waals surface area contributed by atoms with Gasteiger partial charge in [-0.05, 0) is 44.9 Å². The Bertz CT molecular complexity index is 1460. The minimum Gasteiger partial charge on any atom is -0.462 e. The number of hydrogen-bond donors (Lipinski definition) is 1. The topological polar surface area (TPSA) is 108 Å². The molecule has 0 fully saturated rings. The number of carbonyl (C=O) groups is 2. The van der Waals surface area contributed by atoms with Gasteiger partial charge in [-0.15, -0.1) is 0 Å². The summed E-state index contributed by atoms with van der Waals surface area (Å²) in [6.45, 7) is 4.50. The van der Waals surface area contributed by atoms with Crippen LogP contribution in [0.25, 0.3) is 0 Å². The lowest BCUT2D eigenvalue weighted by Gasteiger charge is -2.24. The number of nitrogens with zero attached hydrogens (tertiary/aromatic N) is 1. The van der Waals surface area contributed by atoms with Gasteiger partial charge >= 0.3 is 19.8 Å². The van der Waals surface area contributed by atoms with Crippen molar-refractivity contribution in [3.63, 3.8) is 0 Å². The van der Waals surface area contributed by atoms with Gasteiger partial charge in [0.15, 0.2) is 6.10 Å². The summed E-state index contributed by atoms with van der Waals surface area (Å²) in [6, 6.07) is 0. The molecule has 0 aromatic heterocycles. The van der Waals surface area contributed by atoms with Gasteiger partial charge < -0.3 is 18.9 Å². The Morgan fingerprint density at radius 1 is 0.369 bits per heavy atom. The van der Waals surface area contributed by atoms with E-state index in [2.05, 4.69) is 38.2 Å². The van der Waals surface area contributed by atoms with E-state index in [4.69, 9.17) is 18.5 Å². The maximum absolute atomic E-state index is 12.9. The summed E-state index contributed by atoms with van der Waals surface area (Å²) < 4.78 is 34.7. The average molecular weight is 1210 g/mol. The molecule has 2 unspecified atom stereocenters. The van der Waals surface area contributed by atoms with Gasteiger partial charge in [-0.2, -0.15) is 0 Å². The first-order chi connectivity index (χ1) is 41.0. The lowest BCUT2D eigenvalue weighted by Crippen LogP contribution is -2.37. The summed E-state index contributed by atoms with van der Waals surface area (Å²) in [4.78, 5) is 35.8. The molecule has 0 spiro atoms. The van der Waals surface area contributed by atoms with Gasteiger partial charge in [0.25, 0.3) is 0 Å². The molecule has 0 bridgehead atoms. The Morgan fingerprint density at radius 3 is 0.940 bits per heavy atom. The molecule has 0 aromatic carbocycles. The molecule has 10 heteroatoms. The zero-order valence-electron chi connectivity index (χ0n) is 56.9. The fourth-order valence-corrected chi connectivity index (χ4v) is 12.0. The van der Waals surface area contributed by atoms with Crippen molar-refractivity contribution in [1.82, 2.24) is 0 Å². The van der Waals surface area contributed by atoms with Crippen LogP contribution in [0, 0.1) is 0 Å². The molecule has 0 aliphatic heterocycles. The molecular formula is C74H145NO8P+. The van der Waals surface area contributed by atoms with Gasteiger partial charge in [-0.25, -0.2) is 4.57 Å². The monoisotopic (exact) mass is 1210 g/mol. The number of hydrogen-bond acceptors (Lipinski definition) is 7. The largest absolute Gasteiger partial charge is 0.472 e. The molecule has 0 saturated carbocycles. The number of likely N-dealkylation sites (N-methyl/N-ethyl adjacent to an activating group) is 1. The SMILES string of the molecule is CCCCCCC/C=C\C/C=C\CCCCCCCCCCCCCCCCCCCCCCCCCCCCCCCC(=O)OC(COC(=O)CCCCCCCCCCCCCCCCCCCCC)COP(=O)(O)OCC[N+](C)(C)C. The van der Waals surface area contributed by atoms with Crippen LogP contribution in [0.5, 0.6) is 0 Å². The minimum absolute atomic E-state index is 0.0365. The van der Waals surface area contributed by atoms with Gasteiger partial charge in [0.05, 0.1) is 27.7 Å². The molecule has 9 nitrogen and oxygen atoms in total. The van der Waals surface area contributed by atoms with Gasteiger partial charge in [0.1, 0.15) is 19.8 Å². The maximum atomic E-state index is 12.9. The Balaban J connectivity index is 3.85. The summed E-state index contributed by atoms with van der Waals surface area (Å²) in [5, 5.41) is 0.